The summed E-state index contributed by atoms with van der Waals surface area (Å²) >= 11 is 0. The first-order valence-electron chi connectivity index (χ1n) is 9.36. The standard InChI is InChI=1S/C20H28N4O3/c1-5-7-12-24-17(21)16(18(25)22-20(24)27)23(6-2)19(26)15-10-8-14(9-11-15)13(3)4/h8-11,13H,5-7,12,21H2,1-4H3,(H,22,25,27). The Hall–Kier alpha value is -2.83. The molecule has 7 heteroatoms. The molecule has 0 saturated carbocycles. The summed E-state index contributed by atoms with van der Waals surface area (Å²) in [5, 5.41) is 0. The molecule has 0 atom stereocenters. The first kappa shape index (κ1) is 20.5. The van der Waals surface area contributed by atoms with Crippen LogP contribution in [0.3, 0.4) is 0 Å². The Balaban J connectivity index is 2.48. The fourth-order valence-electron chi connectivity index (χ4n) is 2.95. The molecule has 27 heavy (non-hydrogen) atoms. The summed E-state index contributed by atoms with van der Waals surface area (Å²) in [5.74, 6) is 0.0499. The van der Waals surface area contributed by atoms with Gasteiger partial charge in [-0.25, -0.2) is 4.79 Å². The molecular formula is C20H28N4O3. The van der Waals surface area contributed by atoms with Crippen molar-refractivity contribution in [2.45, 2.75) is 53.0 Å². The van der Waals surface area contributed by atoms with E-state index in [0.29, 0.717) is 18.0 Å². The van der Waals surface area contributed by atoms with Crippen molar-refractivity contribution in [2.24, 2.45) is 0 Å². The molecule has 0 aliphatic carbocycles. The lowest BCUT2D eigenvalue weighted by atomic mass is 10.0. The average Bonchev–Trinajstić information content (AvgIpc) is 2.64. The molecule has 2 aromatic rings. The van der Waals surface area contributed by atoms with Gasteiger partial charge in [0.05, 0.1) is 0 Å². The highest BCUT2D eigenvalue weighted by Crippen LogP contribution is 2.21. The lowest BCUT2D eigenvalue weighted by molar-refractivity contribution is 0.0988. The number of H-pyrrole nitrogens is 1. The van der Waals surface area contributed by atoms with Crippen LogP contribution in [0.15, 0.2) is 33.9 Å². The number of benzene rings is 1. The van der Waals surface area contributed by atoms with E-state index in [0.717, 1.165) is 18.4 Å². The molecule has 0 radical (unpaired) electrons. The van der Waals surface area contributed by atoms with E-state index < -0.39 is 11.2 Å². The van der Waals surface area contributed by atoms with Gasteiger partial charge >= 0.3 is 5.69 Å². The summed E-state index contributed by atoms with van der Waals surface area (Å²) in [6.07, 6.45) is 1.62. The Morgan fingerprint density at radius 3 is 2.33 bits per heavy atom. The monoisotopic (exact) mass is 372 g/mol. The molecule has 1 aromatic heterocycles. The summed E-state index contributed by atoms with van der Waals surface area (Å²) in [5.41, 5.74) is 6.53. The van der Waals surface area contributed by atoms with Crippen LogP contribution in [0, 0.1) is 0 Å². The SMILES string of the molecule is CCCCn1c(N)c(N(CC)C(=O)c2ccc(C(C)C)cc2)c(=O)[nH]c1=O. The van der Waals surface area contributed by atoms with Gasteiger partial charge in [0.1, 0.15) is 5.82 Å². The first-order valence-corrected chi connectivity index (χ1v) is 9.36. The smallest absolute Gasteiger partial charge is 0.330 e. The Morgan fingerprint density at radius 2 is 1.81 bits per heavy atom. The molecule has 1 amide bonds. The van der Waals surface area contributed by atoms with E-state index in [1.165, 1.54) is 9.47 Å². The third-order valence-electron chi connectivity index (χ3n) is 4.60. The average molecular weight is 372 g/mol. The van der Waals surface area contributed by atoms with E-state index in [-0.39, 0.29) is 24.0 Å². The van der Waals surface area contributed by atoms with Crippen molar-refractivity contribution in [3.63, 3.8) is 0 Å². The minimum Gasteiger partial charge on any atom is -0.383 e. The predicted molar refractivity (Wildman–Crippen MR) is 109 cm³/mol. The molecular weight excluding hydrogens is 344 g/mol. The van der Waals surface area contributed by atoms with Crippen molar-refractivity contribution < 1.29 is 4.79 Å². The number of anilines is 2. The minimum atomic E-state index is -0.653. The second kappa shape index (κ2) is 8.70. The van der Waals surface area contributed by atoms with Crippen LogP contribution in [-0.4, -0.2) is 22.0 Å². The van der Waals surface area contributed by atoms with Gasteiger partial charge in [-0.2, -0.15) is 0 Å². The van der Waals surface area contributed by atoms with Crippen molar-refractivity contribution in [3.05, 3.63) is 56.2 Å². The van der Waals surface area contributed by atoms with E-state index in [1.807, 2.05) is 19.1 Å². The van der Waals surface area contributed by atoms with E-state index in [2.05, 4.69) is 18.8 Å². The van der Waals surface area contributed by atoms with Gasteiger partial charge in [0, 0.05) is 18.7 Å². The number of nitrogen functional groups attached to an aromatic ring is 1. The molecule has 0 aliphatic rings. The van der Waals surface area contributed by atoms with Crippen molar-refractivity contribution >= 4 is 17.4 Å². The molecule has 146 valence electrons. The van der Waals surface area contributed by atoms with Crippen molar-refractivity contribution in [2.75, 3.05) is 17.2 Å². The summed E-state index contributed by atoms with van der Waals surface area (Å²) in [4.78, 5) is 41.1. The van der Waals surface area contributed by atoms with E-state index in [9.17, 15) is 14.4 Å². The number of aromatic amines is 1. The van der Waals surface area contributed by atoms with Gasteiger partial charge in [-0.15, -0.1) is 0 Å². The maximum Gasteiger partial charge on any atom is 0.330 e. The Bertz CT molecular complexity index is 910. The Kier molecular flexibility index (Phi) is 6.60. The molecule has 1 heterocycles. The van der Waals surface area contributed by atoms with Crippen LogP contribution in [0.1, 0.15) is 62.4 Å². The van der Waals surface area contributed by atoms with Gasteiger partial charge < -0.3 is 10.6 Å². The number of carbonyl (C=O) groups is 1. The normalized spacial score (nSPS) is 11.0. The van der Waals surface area contributed by atoms with Crippen molar-refractivity contribution in [1.29, 1.82) is 0 Å². The number of hydrogen-bond acceptors (Lipinski definition) is 4. The quantitative estimate of drug-likeness (QED) is 0.780. The van der Waals surface area contributed by atoms with Crippen LogP contribution in [0.2, 0.25) is 0 Å². The molecule has 0 spiro atoms. The number of carbonyl (C=O) groups excluding carboxylic acids is 1. The molecule has 7 nitrogen and oxygen atoms in total. The predicted octanol–water partition coefficient (Wildman–Crippen LogP) is 2.71. The second-order valence-corrected chi connectivity index (χ2v) is 6.82. The Morgan fingerprint density at radius 1 is 1.19 bits per heavy atom. The molecule has 0 saturated heterocycles. The highest BCUT2D eigenvalue weighted by atomic mass is 16.2. The van der Waals surface area contributed by atoms with Crippen LogP contribution >= 0.6 is 0 Å². The fraction of sp³-hybridized carbons (Fsp3) is 0.450. The van der Waals surface area contributed by atoms with Crippen molar-refractivity contribution in [3.8, 4) is 0 Å². The summed E-state index contributed by atoms with van der Waals surface area (Å²) < 4.78 is 1.32. The van der Waals surface area contributed by atoms with Crippen LogP contribution in [0.25, 0.3) is 0 Å². The number of nitrogens with two attached hydrogens (primary N) is 1. The van der Waals surface area contributed by atoms with Gasteiger partial charge in [0.25, 0.3) is 11.5 Å². The number of rotatable bonds is 7. The number of hydrogen-bond donors (Lipinski definition) is 2. The maximum atomic E-state index is 13.0. The number of nitrogens with zero attached hydrogens (tertiary/aromatic N) is 2. The van der Waals surface area contributed by atoms with E-state index in [1.54, 1.807) is 19.1 Å². The molecule has 2 rings (SSSR count). The second-order valence-electron chi connectivity index (χ2n) is 6.82. The third-order valence-corrected chi connectivity index (χ3v) is 4.60. The number of amides is 1. The molecule has 0 bridgehead atoms. The zero-order valence-corrected chi connectivity index (χ0v) is 16.4. The van der Waals surface area contributed by atoms with Gasteiger partial charge in [0.15, 0.2) is 5.69 Å². The fourth-order valence-corrected chi connectivity index (χ4v) is 2.95. The van der Waals surface area contributed by atoms with Crippen LogP contribution < -0.4 is 21.9 Å². The van der Waals surface area contributed by atoms with Gasteiger partial charge in [-0.1, -0.05) is 39.3 Å². The molecule has 0 fully saturated rings. The van der Waals surface area contributed by atoms with Crippen LogP contribution in [0.5, 0.6) is 0 Å². The Labute approximate surface area is 158 Å². The highest BCUT2D eigenvalue weighted by molar-refractivity contribution is 6.07. The lowest BCUT2D eigenvalue weighted by Crippen LogP contribution is -2.41. The highest BCUT2D eigenvalue weighted by Gasteiger charge is 2.24. The van der Waals surface area contributed by atoms with Crippen LogP contribution in [0.4, 0.5) is 11.5 Å². The number of aromatic nitrogens is 2. The zero-order chi connectivity index (χ0) is 20.1. The molecule has 1 aromatic carbocycles. The summed E-state index contributed by atoms with van der Waals surface area (Å²) in [6, 6.07) is 7.30. The van der Waals surface area contributed by atoms with Crippen molar-refractivity contribution in [1.82, 2.24) is 9.55 Å². The number of nitrogens with one attached hydrogen (secondary N) is 1. The summed E-state index contributed by atoms with van der Waals surface area (Å²) in [6.45, 7) is 8.56. The van der Waals surface area contributed by atoms with Gasteiger partial charge in [-0.05, 0) is 37.0 Å². The number of unbranched alkanes of at least 4 members (excludes halogenated alkanes) is 1. The van der Waals surface area contributed by atoms with Gasteiger partial charge in [-0.3, -0.25) is 19.1 Å². The van der Waals surface area contributed by atoms with Crippen LogP contribution in [-0.2, 0) is 6.54 Å². The summed E-state index contributed by atoms with van der Waals surface area (Å²) in [7, 11) is 0. The minimum absolute atomic E-state index is 0.0196. The topological polar surface area (TPSA) is 101 Å². The molecule has 0 aliphatic heterocycles. The molecule has 3 N–H and O–H groups in total. The maximum absolute atomic E-state index is 13.0. The van der Waals surface area contributed by atoms with E-state index >= 15 is 0 Å². The zero-order valence-electron chi connectivity index (χ0n) is 16.4. The largest absolute Gasteiger partial charge is 0.383 e. The van der Waals surface area contributed by atoms with E-state index in [4.69, 9.17) is 5.73 Å². The van der Waals surface area contributed by atoms with Gasteiger partial charge in [0.2, 0.25) is 0 Å². The molecule has 0 unspecified atom stereocenters. The first-order chi connectivity index (χ1) is 12.8. The lowest BCUT2D eigenvalue weighted by Gasteiger charge is -2.23. The third kappa shape index (κ3) is 4.30.